The normalized spacial score (nSPS) is 27.4. The van der Waals surface area contributed by atoms with E-state index in [0.29, 0.717) is 0 Å². The zero-order valence-electron chi connectivity index (χ0n) is 10.9. The zero-order valence-corrected chi connectivity index (χ0v) is 10.9. The van der Waals surface area contributed by atoms with Crippen molar-refractivity contribution in [1.82, 2.24) is 10.2 Å². The lowest BCUT2D eigenvalue weighted by atomic mass is 10.1. The molecular formula is C14H26N2O. The van der Waals surface area contributed by atoms with Crippen LogP contribution in [0.15, 0.2) is 0 Å². The van der Waals surface area contributed by atoms with Crippen LogP contribution in [0, 0.1) is 11.8 Å². The minimum absolute atomic E-state index is 0.859. The van der Waals surface area contributed by atoms with Crippen molar-refractivity contribution < 1.29 is 4.74 Å². The highest BCUT2D eigenvalue weighted by molar-refractivity contribution is 4.96. The van der Waals surface area contributed by atoms with E-state index in [1.54, 1.807) is 0 Å². The van der Waals surface area contributed by atoms with E-state index in [0.717, 1.165) is 37.6 Å². The Hall–Kier alpha value is -0.120. The molecule has 0 amide bonds. The minimum atomic E-state index is 0.859. The molecule has 3 heteroatoms. The highest BCUT2D eigenvalue weighted by Crippen LogP contribution is 2.44. The van der Waals surface area contributed by atoms with Gasteiger partial charge in [0, 0.05) is 38.8 Å². The van der Waals surface area contributed by atoms with E-state index in [-0.39, 0.29) is 0 Å². The summed E-state index contributed by atoms with van der Waals surface area (Å²) < 4.78 is 5.49. The van der Waals surface area contributed by atoms with Crippen LogP contribution in [0.3, 0.4) is 0 Å². The molecule has 0 atom stereocenters. The second kappa shape index (κ2) is 5.68. The average Bonchev–Trinajstić information content (AvgIpc) is 3.22. The van der Waals surface area contributed by atoms with E-state index in [2.05, 4.69) is 10.2 Å². The van der Waals surface area contributed by atoms with Gasteiger partial charge in [0.25, 0.3) is 0 Å². The summed E-state index contributed by atoms with van der Waals surface area (Å²) in [5.74, 6) is 2.05. The zero-order chi connectivity index (χ0) is 11.5. The second-order valence-corrected chi connectivity index (χ2v) is 5.96. The number of rotatable bonds is 6. The fourth-order valence-electron chi connectivity index (χ4n) is 3.04. The van der Waals surface area contributed by atoms with Gasteiger partial charge in [-0.2, -0.15) is 0 Å². The Balaban J connectivity index is 1.35. The molecule has 98 valence electrons. The highest BCUT2D eigenvalue weighted by atomic mass is 16.5. The van der Waals surface area contributed by atoms with Crippen molar-refractivity contribution in [2.24, 2.45) is 11.8 Å². The summed E-state index contributed by atoms with van der Waals surface area (Å²) in [6.07, 6.45) is 7.11. The summed E-state index contributed by atoms with van der Waals surface area (Å²) in [5, 5.41) is 3.83. The Labute approximate surface area is 105 Å². The Morgan fingerprint density at radius 3 is 2.53 bits per heavy atom. The van der Waals surface area contributed by atoms with Crippen LogP contribution < -0.4 is 5.32 Å². The van der Waals surface area contributed by atoms with Gasteiger partial charge in [0.05, 0.1) is 6.61 Å². The molecule has 3 aliphatic rings. The van der Waals surface area contributed by atoms with Gasteiger partial charge in [0.1, 0.15) is 0 Å². The lowest BCUT2D eigenvalue weighted by Gasteiger charge is -2.22. The molecule has 1 N–H and O–H groups in total. The third kappa shape index (κ3) is 3.67. The molecule has 1 saturated heterocycles. The SMILES string of the molecule is C1COCCN(CCNC(C2CC2)C2CC2)C1. The molecule has 0 spiro atoms. The molecule has 0 bridgehead atoms. The van der Waals surface area contributed by atoms with Crippen LogP contribution in [0.25, 0.3) is 0 Å². The molecule has 1 aliphatic heterocycles. The molecule has 0 unspecified atom stereocenters. The second-order valence-electron chi connectivity index (χ2n) is 5.96. The van der Waals surface area contributed by atoms with Gasteiger partial charge in [-0.05, 0) is 43.9 Å². The Kier molecular flexibility index (Phi) is 3.99. The molecule has 0 aromatic heterocycles. The van der Waals surface area contributed by atoms with E-state index in [1.807, 2.05) is 0 Å². The van der Waals surface area contributed by atoms with Gasteiger partial charge in [-0.3, -0.25) is 4.90 Å². The third-order valence-electron chi connectivity index (χ3n) is 4.38. The number of ether oxygens (including phenoxy) is 1. The molecule has 2 aliphatic carbocycles. The van der Waals surface area contributed by atoms with Crippen LogP contribution in [0.1, 0.15) is 32.1 Å². The molecule has 0 aromatic rings. The van der Waals surface area contributed by atoms with E-state index in [1.165, 1.54) is 51.7 Å². The van der Waals surface area contributed by atoms with Gasteiger partial charge in [0.2, 0.25) is 0 Å². The molecule has 3 nitrogen and oxygen atoms in total. The van der Waals surface area contributed by atoms with Crippen LogP contribution in [0.2, 0.25) is 0 Å². The average molecular weight is 238 g/mol. The minimum Gasteiger partial charge on any atom is -0.380 e. The van der Waals surface area contributed by atoms with Gasteiger partial charge in [-0.1, -0.05) is 0 Å². The largest absolute Gasteiger partial charge is 0.380 e. The van der Waals surface area contributed by atoms with Crippen molar-refractivity contribution in [3.05, 3.63) is 0 Å². The van der Waals surface area contributed by atoms with Crippen molar-refractivity contribution in [1.29, 1.82) is 0 Å². The monoisotopic (exact) mass is 238 g/mol. The Bertz CT molecular complexity index is 218. The number of hydrogen-bond acceptors (Lipinski definition) is 3. The van der Waals surface area contributed by atoms with Crippen LogP contribution in [0.5, 0.6) is 0 Å². The number of hydrogen-bond donors (Lipinski definition) is 1. The van der Waals surface area contributed by atoms with Crippen molar-refractivity contribution in [3.8, 4) is 0 Å². The van der Waals surface area contributed by atoms with Crippen molar-refractivity contribution in [2.75, 3.05) is 39.4 Å². The van der Waals surface area contributed by atoms with Crippen LogP contribution >= 0.6 is 0 Å². The first-order valence-electron chi connectivity index (χ1n) is 7.47. The maximum Gasteiger partial charge on any atom is 0.0593 e. The fraction of sp³-hybridized carbons (Fsp3) is 1.00. The van der Waals surface area contributed by atoms with Crippen LogP contribution in [0.4, 0.5) is 0 Å². The maximum atomic E-state index is 5.49. The Morgan fingerprint density at radius 1 is 1.06 bits per heavy atom. The summed E-state index contributed by atoms with van der Waals surface area (Å²) >= 11 is 0. The molecule has 2 saturated carbocycles. The van der Waals surface area contributed by atoms with Crippen LogP contribution in [-0.4, -0.2) is 50.3 Å². The molecule has 0 radical (unpaired) electrons. The van der Waals surface area contributed by atoms with Crippen LogP contribution in [-0.2, 0) is 4.74 Å². The summed E-state index contributed by atoms with van der Waals surface area (Å²) in [6, 6.07) is 0.859. The van der Waals surface area contributed by atoms with Crippen molar-refractivity contribution in [2.45, 2.75) is 38.1 Å². The van der Waals surface area contributed by atoms with Crippen molar-refractivity contribution >= 4 is 0 Å². The van der Waals surface area contributed by atoms with Gasteiger partial charge in [-0.15, -0.1) is 0 Å². The first-order valence-corrected chi connectivity index (χ1v) is 7.47. The number of nitrogens with zero attached hydrogens (tertiary/aromatic N) is 1. The maximum absolute atomic E-state index is 5.49. The van der Waals surface area contributed by atoms with Crippen molar-refractivity contribution in [3.63, 3.8) is 0 Å². The Morgan fingerprint density at radius 2 is 1.82 bits per heavy atom. The molecule has 3 fully saturated rings. The smallest absolute Gasteiger partial charge is 0.0593 e. The fourth-order valence-corrected chi connectivity index (χ4v) is 3.04. The third-order valence-corrected chi connectivity index (χ3v) is 4.38. The lowest BCUT2D eigenvalue weighted by Crippen LogP contribution is -2.40. The number of nitrogens with one attached hydrogen (secondary N) is 1. The van der Waals surface area contributed by atoms with E-state index >= 15 is 0 Å². The summed E-state index contributed by atoms with van der Waals surface area (Å²) in [5.41, 5.74) is 0. The predicted molar refractivity (Wildman–Crippen MR) is 69.1 cm³/mol. The van der Waals surface area contributed by atoms with Gasteiger partial charge in [0.15, 0.2) is 0 Å². The summed E-state index contributed by atoms with van der Waals surface area (Å²) in [6.45, 7) is 6.61. The molecular weight excluding hydrogens is 212 g/mol. The van der Waals surface area contributed by atoms with E-state index in [9.17, 15) is 0 Å². The quantitative estimate of drug-likeness (QED) is 0.759. The summed E-state index contributed by atoms with van der Waals surface area (Å²) in [7, 11) is 0. The first-order chi connectivity index (χ1) is 8.43. The van der Waals surface area contributed by atoms with E-state index in [4.69, 9.17) is 4.74 Å². The van der Waals surface area contributed by atoms with Gasteiger partial charge < -0.3 is 10.1 Å². The predicted octanol–water partition coefficient (Wildman–Crippen LogP) is 1.49. The van der Waals surface area contributed by atoms with Gasteiger partial charge in [-0.25, -0.2) is 0 Å². The van der Waals surface area contributed by atoms with E-state index < -0.39 is 0 Å². The molecule has 3 rings (SSSR count). The topological polar surface area (TPSA) is 24.5 Å². The first kappa shape index (κ1) is 11.9. The van der Waals surface area contributed by atoms with Gasteiger partial charge >= 0.3 is 0 Å². The molecule has 17 heavy (non-hydrogen) atoms. The molecule has 0 aromatic carbocycles. The lowest BCUT2D eigenvalue weighted by molar-refractivity contribution is 0.141. The molecule has 1 heterocycles. The standard InChI is InChI=1S/C14H26N2O/c1-7-16(9-11-17-10-1)8-6-15-14(12-2-3-12)13-4-5-13/h12-15H,1-11H2. The highest BCUT2D eigenvalue weighted by Gasteiger charge is 2.40. The summed E-state index contributed by atoms with van der Waals surface area (Å²) in [4.78, 5) is 2.55.